The average Bonchev–Trinajstić information content (AvgIpc) is 3.11. The predicted molar refractivity (Wildman–Crippen MR) is 78.0 cm³/mol. The van der Waals surface area contributed by atoms with Gasteiger partial charge in [0.1, 0.15) is 0 Å². The van der Waals surface area contributed by atoms with Crippen LogP contribution < -0.4 is 5.32 Å². The fraction of sp³-hybridized carbons (Fsp3) is 0.0667. The molecule has 5 heteroatoms. The van der Waals surface area contributed by atoms with Crippen LogP contribution in [0.25, 0.3) is 0 Å². The van der Waals surface area contributed by atoms with E-state index in [2.05, 4.69) is 22.4 Å². The van der Waals surface area contributed by atoms with E-state index in [0.29, 0.717) is 5.13 Å². The molecule has 1 N–H and O–H groups in total. The third-order valence-corrected chi connectivity index (χ3v) is 3.65. The van der Waals surface area contributed by atoms with Gasteiger partial charge in [0, 0.05) is 17.5 Å². The third-order valence-electron chi connectivity index (χ3n) is 2.74. The van der Waals surface area contributed by atoms with Crippen molar-refractivity contribution in [2.45, 2.75) is 6.42 Å². The van der Waals surface area contributed by atoms with E-state index in [9.17, 15) is 4.79 Å². The second kappa shape index (κ2) is 5.71. The Balaban J connectivity index is 1.67. The molecule has 0 fully saturated rings. The van der Waals surface area contributed by atoms with Crippen molar-refractivity contribution in [1.29, 1.82) is 0 Å². The second-order valence-electron chi connectivity index (χ2n) is 4.23. The summed E-state index contributed by atoms with van der Waals surface area (Å²) >= 11 is 1.47. The molecule has 0 radical (unpaired) electrons. The number of hydrogen-bond acceptors (Lipinski definition) is 4. The molecule has 0 spiro atoms. The fourth-order valence-electron chi connectivity index (χ4n) is 1.81. The van der Waals surface area contributed by atoms with Crippen molar-refractivity contribution in [2.24, 2.45) is 0 Å². The molecule has 3 rings (SSSR count). The fourth-order valence-corrected chi connectivity index (χ4v) is 2.65. The van der Waals surface area contributed by atoms with E-state index in [1.807, 2.05) is 18.2 Å². The first-order chi connectivity index (χ1) is 9.81. The average molecular weight is 284 g/mol. The summed E-state index contributed by atoms with van der Waals surface area (Å²) in [5.74, 6) is 0.000389. The molecule has 0 aliphatic carbocycles. The first-order valence-corrected chi connectivity index (χ1v) is 6.96. The van der Waals surface area contributed by atoms with Crippen LogP contribution in [0.4, 0.5) is 5.13 Å². The highest BCUT2D eigenvalue weighted by atomic mass is 32.1. The van der Waals surface area contributed by atoms with Crippen LogP contribution in [0.2, 0.25) is 0 Å². The highest BCUT2D eigenvalue weighted by molar-refractivity contribution is 7.15. The predicted octanol–water partition coefficient (Wildman–Crippen LogP) is 3.58. The summed E-state index contributed by atoms with van der Waals surface area (Å²) in [5, 5.41) is 3.31. The zero-order chi connectivity index (χ0) is 13.8. The molecule has 4 nitrogen and oxygen atoms in total. The highest BCUT2D eigenvalue weighted by Crippen LogP contribution is 2.21. The van der Waals surface area contributed by atoms with Crippen molar-refractivity contribution in [3.05, 3.63) is 71.1 Å². The molecule has 1 amide bonds. The van der Waals surface area contributed by atoms with Crippen LogP contribution in [0, 0.1) is 0 Å². The van der Waals surface area contributed by atoms with Gasteiger partial charge in [-0.15, -0.1) is 11.3 Å². The van der Waals surface area contributed by atoms with E-state index >= 15 is 0 Å². The van der Waals surface area contributed by atoms with Crippen LogP contribution in [0.5, 0.6) is 0 Å². The molecule has 0 bridgehead atoms. The zero-order valence-electron chi connectivity index (χ0n) is 10.6. The monoisotopic (exact) mass is 284 g/mol. The maximum absolute atomic E-state index is 11.8. The van der Waals surface area contributed by atoms with Gasteiger partial charge < -0.3 is 4.42 Å². The van der Waals surface area contributed by atoms with Gasteiger partial charge in [0.2, 0.25) is 0 Å². The molecular weight excluding hydrogens is 272 g/mol. The number of carbonyl (C=O) groups is 1. The SMILES string of the molecule is O=C(Nc1ncc(Cc2ccccc2)s1)c1ccco1. The van der Waals surface area contributed by atoms with Crippen molar-refractivity contribution in [3.63, 3.8) is 0 Å². The maximum atomic E-state index is 11.8. The molecule has 2 heterocycles. The van der Waals surface area contributed by atoms with Crippen LogP contribution in [0.1, 0.15) is 21.0 Å². The van der Waals surface area contributed by atoms with E-state index in [1.54, 1.807) is 18.3 Å². The van der Waals surface area contributed by atoms with Gasteiger partial charge >= 0.3 is 0 Å². The van der Waals surface area contributed by atoms with Gasteiger partial charge in [-0.05, 0) is 17.7 Å². The molecule has 2 aromatic heterocycles. The molecule has 0 aliphatic heterocycles. The lowest BCUT2D eigenvalue weighted by Gasteiger charge is -1.98. The molecule has 0 saturated heterocycles. The minimum atomic E-state index is -0.282. The number of rotatable bonds is 4. The summed E-state index contributed by atoms with van der Waals surface area (Å²) in [7, 11) is 0. The van der Waals surface area contributed by atoms with Gasteiger partial charge in [0.15, 0.2) is 10.9 Å². The Morgan fingerprint density at radius 1 is 1.20 bits per heavy atom. The molecule has 0 atom stereocenters. The molecule has 20 heavy (non-hydrogen) atoms. The zero-order valence-corrected chi connectivity index (χ0v) is 11.4. The van der Waals surface area contributed by atoms with Gasteiger partial charge in [-0.3, -0.25) is 10.1 Å². The van der Waals surface area contributed by atoms with Crippen LogP contribution >= 0.6 is 11.3 Å². The highest BCUT2D eigenvalue weighted by Gasteiger charge is 2.11. The number of benzene rings is 1. The van der Waals surface area contributed by atoms with Crippen LogP contribution in [0.15, 0.2) is 59.3 Å². The number of aromatic nitrogens is 1. The van der Waals surface area contributed by atoms with Crippen LogP contribution in [0.3, 0.4) is 0 Å². The molecule has 1 aromatic carbocycles. The Morgan fingerprint density at radius 2 is 2.05 bits per heavy atom. The summed E-state index contributed by atoms with van der Waals surface area (Å²) in [5.41, 5.74) is 1.22. The van der Waals surface area contributed by atoms with Gasteiger partial charge in [0.25, 0.3) is 5.91 Å². The smallest absolute Gasteiger partial charge is 0.293 e. The van der Waals surface area contributed by atoms with Crippen LogP contribution in [-0.2, 0) is 6.42 Å². The number of nitrogens with zero attached hydrogens (tertiary/aromatic N) is 1. The minimum Gasteiger partial charge on any atom is -0.459 e. The van der Waals surface area contributed by atoms with Gasteiger partial charge in [0.05, 0.1) is 6.26 Å². The topological polar surface area (TPSA) is 55.1 Å². The summed E-state index contributed by atoms with van der Waals surface area (Å²) < 4.78 is 5.03. The first kappa shape index (κ1) is 12.6. The van der Waals surface area contributed by atoms with Gasteiger partial charge in [-0.25, -0.2) is 4.98 Å². The molecular formula is C15H12N2O2S. The third kappa shape index (κ3) is 2.95. The number of carbonyl (C=O) groups excluding carboxylic acids is 1. The van der Waals surface area contributed by atoms with E-state index < -0.39 is 0 Å². The van der Waals surface area contributed by atoms with Gasteiger partial charge in [-0.2, -0.15) is 0 Å². The Labute approximate surface area is 120 Å². The van der Waals surface area contributed by atoms with E-state index in [0.717, 1.165) is 11.3 Å². The normalized spacial score (nSPS) is 10.4. The Morgan fingerprint density at radius 3 is 2.80 bits per heavy atom. The van der Waals surface area contributed by atoms with Gasteiger partial charge in [-0.1, -0.05) is 30.3 Å². The standard InChI is InChI=1S/C15H12N2O2S/c18-14(13-7-4-8-19-13)17-15-16-10-12(20-15)9-11-5-2-1-3-6-11/h1-8,10H,9H2,(H,16,17,18). The van der Waals surface area contributed by atoms with Crippen LogP contribution in [-0.4, -0.2) is 10.9 Å². The molecule has 0 aliphatic rings. The van der Waals surface area contributed by atoms with E-state index in [-0.39, 0.29) is 11.7 Å². The second-order valence-corrected chi connectivity index (χ2v) is 5.34. The number of furan rings is 1. The summed E-state index contributed by atoms with van der Waals surface area (Å²) in [6, 6.07) is 13.4. The lowest BCUT2D eigenvalue weighted by molar-refractivity contribution is 0.0996. The number of hydrogen-bond donors (Lipinski definition) is 1. The molecule has 0 unspecified atom stereocenters. The van der Waals surface area contributed by atoms with Crippen molar-refractivity contribution in [2.75, 3.05) is 5.32 Å². The molecule has 100 valence electrons. The maximum Gasteiger partial charge on any atom is 0.293 e. The molecule has 0 saturated carbocycles. The number of anilines is 1. The molecule has 3 aromatic rings. The lowest BCUT2D eigenvalue weighted by Crippen LogP contribution is -2.10. The largest absolute Gasteiger partial charge is 0.459 e. The Kier molecular flexibility index (Phi) is 3.60. The lowest BCUT2D eigenvalue weighted by atomic mass is 10.1. The number of nitrogens with one attached hydrogen (secondary N) is 1. The van der Waals surface area contributed by atoms with Crippen molar-refractivity contribution >= 4 is 22.4 Å². The summed E-state index contributed by atoms with van der Waals surface area (Å²) in [6.07, 6.45) is 4.07. The summed E-state index contributed by atoms with van der Waals surface area (Å²) in [4.78, 5) is 17.1. The Bertz CT molecular complexity index is 690. The number of amides is 1. The first-order valence-electron chi connectivity index (χ1n) is 6.15. The summed E-state index contributed by atoms with van der Waals surface area (Å²) in [6.45, 7) is 0. The number of thiazole rings is 1. The minimum absolute atomic E-state index is 0.282. The quantitative estimate of drug-likeness (QED) is 0.796. The van der Waals surface area contributed by atoms with E-state index in [4.69, 9.17) is 4.42 Å². The van der Waals surface area contributed by atoms with Crippen molar-refractivity contribution in [3.8, 4) is 0 Å². The van der Waals surface area contributed by atoms with Crippen molar-refractivity contribution < 1.29 is 9.21 Å². The Hall–Kier alpha value is -2.40. The van der Waals surface area contributed by atoms with Crippen molar-refractivity contribution in [1.82, 2.24) is 4.98 Å². The van der Waals surface area contributed by atoms with E-state index in [1.165, 1.54) is 23.2 Å².